The molecule has 1 amide bonds. The van der Waals surface area contributed by atoms with Gasteiger partial charge < -0.3 is 13.8 Å². The first-order valence-electron chi connectivity index (χ1n) is 10.9. The number of aryl methyl sites for hydroxylation is 2. The van der Waals surface area contributed by atoms with E-state index in [2.05, 4.69) is 15.2 Å². The first kappa shape index (κ1) is 21.1. The van der Waals surface area contributed by atoms with Crippen molar-refractivity contribution in [2.24, 2.45) is 7.05 Å². The van der Waals surface area contributed by atoms with E-state index in [1.54, 1.807) is 34.0 Å². The summed E-state index contributed by atoms with van der Waals surface area (Å²) in [6, 6.07) is 8.00. The van der Waals surface area contributed by atoms with Gasteiger partial charge in [-0.2, -0.15) is 5.10 Å². The molecule has 1 aliphatic rings. The van der Waals surface area contributed by atoms with E-state index in [1.165, 1.54) is 12.1 Å². The van der Waals surface area contributed by atoms with Crippen molar-refractivity contribution < 1.29 is 18.1 Å². The highest BCUT2D eigenvalue weighted by atomic mass is 19.1. The van der Waals surface area contributed by atoms with E-state index in [1.807, 2.05) is 20.2 Å². The zero-order chi connectivity index (χ0) is 22.9. The molecule has 33 heavy (non-hydrogen) atoms. The minimum Gasteiger partial charge on any atom is -0.445 e. The van der Waals surface area contributed by atoms with Crippen molar-refractivity contribution in [1.82, 2.24) is 24.8 Å². The molecule has 5 rings (SSSR count). The number of piperidine rings is 1. The minimum atomic E-state index is -0.265. The number of rotatable bonds is 5. The van der Waals surface area contributed by atoms with Crippen LogP contribution in [0.3, 0.4) is 0 Å². The molecule has 0 bridgehead atoms. The topological polar surface area (TPSA) is 90.2 Å². The van der Waals surface area contributed by atoms with Gasteiger partial charge >= 0.3 is 0 Å². The van der Waals surface area contributed by atoms with Crippen molar-refractivity contribution in [3.63, 3.8) is 0 Å². The molecule has 0 radical (unpaired) electrons. The van der Waals surface area contributed by atoms with Gasteiger partial charge in [0.05, 0.1) is 17.8 Å². The normalized spacial score (nSPS) is 16.3. The fourth-order valence-corrected chi connectivity index (χ4v) is 4.27. The maximum absolute atomic E-state index is 13.1. The number of carbonyl (C=O) groups excluding carboxylic acids is 1. The van der Waals surface area contributed by atoms with Gasteiger partial charge in [-0.1, -0.05) is 17.3 Å². The van der Waals surface area contributed by atoms with Crippen molar-refractivity contribution in [3.05, 3.63) is 77.2 Å². The molecule has 8 nitrogen and oxygen atoms in total. The van der Waals surface area contributed by atoms with Crippen LogP contribution < -0.4 is 0 Å². The number of hydrogen-bond donors (Lipinski definition) is 0. The lowest BCUT2D eigenvalue weighted by Gasteiger charge is -2.30. The van der Waals surface area contributed by atoms with Crippen LogP contribution in [0, 0.1) is 12.7 Å². The zero-order valence-corrected chi connectivity index (χ0v) is 18.5. The Kier molecular flexibility index (Phi) is 5.53. The molecule has 1 aliphatic heterocycles. The lowest BCUT2D eigenvalue weighted by Crippen LogP contribution is -2.39. The van der Waals surface area contributed by atoms with Crippen LogP contribution in [0.5, 0.6) is 0 Å². The maximum Gasteiger partial charge on any atom is 0.292 e. The molecule has 4 aromatic rings. The average molecular weight is 449 g/mol. The van der Waals surface area contributed by atoms with Crippen LogP contribution in [-0.2, 0) is 13.5 Å². The summed E-state index contributed by atoms with van der Waals surface area (Å²) < 4.78 is 26.2. The first-order valence-corrected chi connectivity index (χ1v) is 10.9. The Morgan fingerprint density at radius 2 is 2.09 bits per heavy atom. The van der Waals surface area contributed by atoms with E-state index in [-0.39, 0.29) is 23.4 Å². The molecule has 4 heterocycles. The first-order chi connectivity index (χ1) is 16.0. The standard InChI is InChI=1S/C24H24FN5O3/c1-15-20(14-29(2)27-15)21-11-22(33-28-21)24(31)30-9-3-4-17(13-30)23-26-12-19(32-23)10-16-5-7-18(25)8-6-16/h5-8,11-12,14,17H,3-4,9-10,13H2,1-2H3/t17-/m0/s1. The van der Waals surface area contributed by atoms with Crippen LogP contribution in [-0.4, -0.2) is 43.8 Å². The highest BCUT2D eigenvalue weighted by molar-refractivity contribution is 5.92. The molecule has 1 aromatic carbocycles. The number of oxazole rings is 1. The van der Waals surface area contributed by atoms with Gasteiger partial charge in [-0.3, -0.25) is 9.48 Å². The van der Waals surface area contributed by atoms with Crippen molar-refractivity contribution in [2.75, 3.05) is 13.1 Å². The Labute approximate surface area is 190 Å². The van der Waals surface area contributed by atoms with E-state index < -0.39 is 0 Å². The second-order valence-electron chi connectivity index (χ2n) is 8.44. The van der Waals surface area contributed by atoms with Crippen LogP contribution in [0.1, 0.15) is 52.2 Å². The van der Waals surface area contributed by atoms with Crippen LogP contribution in [0.25, 0.3) is 11.3 Å². The van der Waals surface area contributed by atoms with E-state index in [0.717, 1.165) is 29.7 Å². The van der Waals surface area contributed by atoms with Gasteiger partial charge in [0.25, 0.3) is 5.91 Å². The Bertz CT molecular complexity index is 1270. The van der Waals surface area contributed by atoms with Crippen LogP contribution in [0.4, 0.5) is 4.39 Å². The number of likely N-dealkylation sites (tertiary alicyclic amines) is 1. The Morgan fingerprint density at radius 3 is 2.85 bits per heavy atom. The second-order valence-corrected chi connectivity index (χ2v) is 8.44. The summed E-state index contributed by atoms with van der Waals surface area (Å²) in [4.78, 5) is 19.3. The summed E-state index contributed by atoms with van der Waals surface area (Å²) in [7, 11) is 1.84. The third-order valence-corrected chi connectivity index (χ3v) is 5.93. The SMILES string of the molecule is Cc1nn(C)cc1-c1cc(C(=O)N2CCC[C@H](c3ncc(Cc4ccc(F)cc4)o3)C2)on1. The van der Waals surface area contributed by atoms with Crippen LogP contribution >= 0.6 is 0 Å². The van der Waals surface area contributed by atoms with Gasteiger partial charge in [-0.25, -0.2) is 9.37 Å². The predicted octanol–water partition coefficient (Wildman–Crippen LogP) is 4.12. The predicted molar refractivity (Wildman–Crippen MR) is 117 cm³/mol. The van der Waals surface area contributed by atoms with Crippen molar-refractivity contribution >= 4 is 5.91 Å². The van der Waals surface area contributed by atoms with Gasteiger partial charge in [0.2, 0.25) is 5.76 Å². The van der Waals surface area contributed by atoms with Crippen molar-refractivity contribution in [3.8, 4) is 11.3 Å². The number of nitrogens with zero attached hydrogens (tertiary/aromatic N) is 5. The molecule has 170 valence electrons. The second kappa shape index (κ2) is 8.65. The minimum absolute atomic E-state index is 0.00706. The van der Waals surface area contributed by atoms with Gasteiger partial charge in [-0.05, 0) is 37.5 Å². The molecule has 0 saturated carbocycles. The lowest BCUT2D eigenvalue weighted by atomic mass is 9.98. The highest BCUT2D eigenvalue weighted by Crippen LogP contribution is 2.29. The van der Waals surface area contributed by atoms with Gasteiger partial charge in [-0.15, -0.1) is 0 Å². The number of carbonyl (C=O) groups is 1. The lowest BCUT2D eigenvalue weighted by molar-refractivity contribution is 0.0656. The fraction of sp³-hybridized carbons (Fsp3) is 0.333. The summed E-state index contributed by atoms with van der Waals surface area (Å²) in [6.45, 7) is 3.03. The molecular weight excluding hydrogens is 425 g/mol. The van der Waals surface area contributed by atoms with Crippen LogP contribution in [0.2, 0.25) is 0 Å². The van der Waals surface area contributed by atoms with E-state index in [9.17, 15) is 9.18 Å². The number of aromatic nitrogens is 4. The third kappa shape index (κ3) is 4.44. The number of halogens is 1. The number of amides is 1. The Hall–Kier alpha value is -3.75. The van der Waals surface area contributed by atoms with Gasteiger partial charge in [0, 0.05) is 44.4 Å². The summed E-state index contributed by atoms with van der Waals surface area (Å²) in [5.74, 6) is 1.09. The molecule has 1 saturated heterocycles. The smallest absolute Gasteiger partial charge is 0.292 e. The summed E-state index contributed by atoms with van der Waals surface area (Å²) >= 11 is 0. The molecule has 0 N–H and O–H groups in total. The quantitative estimate of drug-likeness (QED) is 0.455. The number of benzene rings is 1. The fourth-order valence-electron chi connectivity index (χ4n) is 4.27. The zero-order valence-electron chi connectivity index (χ0n) is 18.5. The molecule has 0 aliphatic carbocycles. The highest BCUT2D eigenvalue weighted by Gasteiger charge is 2.30. The average Bonchev–Trinajstić information content (AvgIpc) is 3.55. The molecular formula is C24H24FN5O3. The Morgan fingerprint density at radius 1 is 1.27 bits per heavy atom. The molecule has 9 heteroatoms. The largest absolute Gasteiger partial charge is 0.445 e. The summed E-state index contributed by atoms with van der Waals surface area (Å²) in [5, 5.41) is 8.38. The van der Waals surface area contributed by atoms with Gasteiger partial charge in [0.1, 0.15) is 17.3 Å². The molecule has 1 atom stereocenters. The van der Waals surface area contributed by atoms with Crippen molar-refractivity contribution in [2.45, 2.75) is 32.1 Å². The molecule has 0 unspecified atom stereocenters. The van der Waals surface area contributed by atoms with E-state index >= 15 is 0 Å². The van der Waals surface area contributed by atoms with E-state index in [4.69, 9.17) is 8.94 Å². The Balaban J connectivity index is 1.26. The van der Waals surface area contributed by atoms with Crippen LogP contribution in [0.15, 0.2) is 51.7 Å². The summed E-state index contributed by atoms with van der Waals surface area (Å²) in [6.07, 6.45) is 5.83. The monoisotopic (exact) mass is 449 g/mol. The number of hydrogen-bond acceptors (Lipinski definition) is 6. The van der Waals surface area contributed by atoms with E-state index in [0.29, 0.717) is 36.9 Å². The molecule has 3 aromatic heterocycles. The maximum atomic E-state index is 13.1. The molecule has 0 spiro atoms. The summed E-state index contributed by atoms with van der Waals surface area (Å²) in [5.41, 5.74) is 3.20. The van der Waals surface area contributed by atoms with Gasteiger partial charge in [0.15, 0.2) is 5.89 Å². The molecule has 1 fully saturated rings. The third-order valence-electron chi connectivity index (χ3n) is 5.93. The van der Waals surface area contributed by atoms with Crippen molar-refractivity contribution in [1.29, 1.82) is 0 Å².